The summed E-state index contributed by atoms with van der Waals surface area (Å²) in [6.07, 6.45) is 87.3. The van der Waals surface area contributed by atoms with Crippen LogP contribution in [0.15, 0.2) is 12.2 Å². The summed E-state index contributed by atoms with van der Waals surface area (Å²) in [5.41, 5.74) is 0. The summed E-state index contributed by atoms with van der Waals surface area (Å²) < 4.78 is 5.51. The van der Waals surface area contributed by atoms with Gasteiger partial charge in [0.15, 0.2) is 0 Å². The number of esters is 1. The molecular weight excluding hydrogens is 983 g/mol. The van der Waals surface area contributed by atoms with Crippen LogP contribution in [-0.2, 0) is 14.3 Å². The second-order valence-electron chi connectivity index (χ2n) is 25.6. The summed E-state index contributed by atoms with van der Waals surface area (Å²) in [4.78, 5) is 24.7. The standard InChI is InChI=1S/C74H145NO5/c1-3-5-7-9-11-13-15-17-19-21-23-24-25-26-28-31-34-38-42-46-50-54-58-62-66-72(77)71(70-76)75-73(78)67-63-59-55-51-47-43-39-35-32-29-27-30-33-37-41-45-49-53-57-61-65-69-80-74(79)68-64-60-56-52-48-44-40-36-22-20-18-16-14-12-10-8-6-4-2/h62,66,71-72,76-77H,3-61,63-65,67-70H2,1-2H3,(H,75,78)/b66-62+. The highest BCUT2D eigenvalue weighted by Gasteiger charge is 2.18. The van der Waals surface area contributed by atoms with E-state index in [9.17, 15) is 19.8 Å². The maximum atomic E-state index is 12.5. The molecule has 0 heterocycles. The minimum absolute atomic E-state index is 0.0172. The molecule has 0 fully saturated rings. The number of allylic oxidation sites excluding steroid dienone is 1. The number of aliphatic hydroxyl groups is 2. The van der Waals surface area contributed by atoms with Gasteiger partial charge in [-0.3, -0.25) is 9.59 Å². The number of rotatable bonds is 70. The van der Waals surface area contributed by atoms with Crippen LogP contribution in [0.4, 0.5) is 0 Å². The van der Waals surface area contributed by atoms with Gasteiger partial charge in [-0.15, -0.1) is 0 Å². The first-order valence-electron chi connectivity index (χ1n) is 37.0. The molecular formula is C74H145NO5. The molecule has 3 N–H and O–H groups in total. The van der Waals surface area contributed by atoms with Crippen LogP contribution in [0.3, 0.4) is 0 Å². The summed E-state index contributed by atoms with van der Waals surface area (Å²) in [7, 11) is 0. The summed E-state index contributed by atoms with van der Waals surface area (Å²) in [6, 6.07) is -0.629. The second kappa shape index (κ2) is 70.1. The molecule has 0 saturated heterocycles. The largest absolute Gasteiger partial charge is 0.466 e. The Morgan fingerprint density at radius 3 is 0.850 bits per heavy atom. The van der Waals surface area contributed by atoms with Gasteiger partial charge in [0.1, 0.15) is 0 Å². The van der Waals surface area contributed by atoms with E-state index in [1.807, 2.05) is 6.08 Å². The molecule has 0 rings (SSSR count). The van der Waals surface area contributed by atoms with Crippen LogP contribution in [0.1, 0.15) is 425 Å². The number of amides is 1. The lowest BCUT2D eigenvalue weighted by Gasteiger charge is -2.20. The Morgan fingerprint density at radius 1 is 0.338 bits per heavy atom. The zero-order valence-corrected chi connectivity index (χ0v) is 54.6. The number of aliphatic hydroxyl groups excluding tert-OH is 2. The Kier molecular flexibility index (Phi) is 68.9. The lowest BCUT2D eigenvalue weighted by Crippen LogP contribution is -2.45. The molecule has 0 aromatic carbocycles. The fraction of sp³-hybridized carbons (Fsp3) is 0.946. The quantitative estimate of drug-likeness (QED) is 0.0320. The van der Waals surface area contributed by atoms with Gasteiger partial charge in [-0.05, 0) is 32.1 Å². The van der Waals surface area contributed by atoms with E-state index in [-0.39, 0.29) is 18.5 Å². The minimum atomic E-state index is -0.846. The molecule has 0 aromatic heterocycles. The van der Waals surface area contributed by atoms with E-state index >= 15 is 0 Å². The predicted octanol–water partition coefficient (Wildman–Crippen LogP) is 23.9. The Balaban J connectivity index is 3.39. The van der Waals surface area contributed by atoms with Crippen molar-refractivity contribution in [3.05, 3.63) is 12.2 Å². The number of hydrogen-bond acceptors (Lipinski definition) is 5. The zero-order valence-electron chi connectivity index (χ0n) is 54.6. The molecule has 0 aliphatic rings. The molecule has 6 nitrogen and oxygen atoms in total. The van der Waals surface area contributed by atoms with Gasteiger partial charge in [0, 0.05) is 12.8 Å². The summed E-state index contributed by atoms with van der Waals surface area (Å²) in [5, 5.41) is 23.3. The Hall–Kier alpha value is -1.40. The van der Waals surface area contributed by atoms with Crippen molar-refractivity contribution in [1.29, 1.82) is 0 Å². The first kappa shape index (κ1) is 78.6. The van der Waals surface area contributed by atoms with Gasteiger partial charge in [-0.2, -0.15) is 0 Å². The van der Waals surface area contributed by atoms with Gasteiger partial charge in [0.05, 0.1) is 25.4 Å². The molecule has 476 valence electrons. The molecule has 0 aliphatic carbocycles. The molecule has 1 amide bonds. The number of unbranched alkanes of at least 4 members (excludes halogenated alkanes) is 59. The second-order valence-corrected chi connectivity index (χ2v) is 25.6. The molecule has 2 unspecified atom stereocenters. The average molecular weight is 1130 g/mol. The van der Waals surface area contributed by atoms with Gasteiger partial charge >= 0.3 is 5.97 Å². The van der Waals surface area contributed by atoms with Gasteiger partial charge in [-0.25, -0.2) is 0 Å². The Morgan fingerprint density at radius 2 is 0.575 bits per heavy atom. The van der Waals surface area contributed by atoms with Crippen molar-refractivity contribution in [1.82, 2.24) is 5.32 Å². The van der Waals surface area contributed by atoms with Crippen molar-refractivity contribution in [2.24, 2.45) is 0 Å². The Labute approximate surface area is 501 Å². The first-order valence-corrected chi connectivity index (χ1v) is 37.0. The van der Waals surface area contributed by atoms with E-state index in [1.165, 1.54) is 360 Å². The molecule has 0 saturated carbocycles. The smallest absolute Gasteiger partial charge is 0.305 e. The maximum Gasteiger partial charge on any atom is 0.305 e. The topological polar surface area (TPSA) is 95.9 Å². The van der Waals surface area contributed by atoms with Crippen LogP contribution in [0.2, 0.25) is 0 Å². The third-order valence-corrected chi connectivity index (χ3v) is 17.6. The SMILES string of the molecule is CCCCCCCCCCCCCCCCCCCCCCCC/C=C/C(O)C(CO)NC(=O)CCCCCCCCCCCCCCCCCCCCCCCOC(=O)CCCCCCCCCCCCCCCCCCCC. The average Bonchev–Trinajstić information content (AvgIpc) is 3.46. The van der Waals surface area contributed by atoms with Gasteiger partial charge in [0.2, 0.25) is 5.91 Å². The number of carbonyl (C=O) groups excluding carboxylic acids is 2. The van der Waals surface area contributed by atoms with Crippen LogP contribution in [-0.4, -0.2) is 47.4 Å². The lowest BCUT2D eigenvalue weighted by atomic mass is 10.0. The molecule has 0 aromatic rings. The molecule has 2 atom stereocenters. The van der Waals surface area contributed by atoms with Crippen molar-refractivity contribution in [3.63, 3.8) is 0 Å². The van der Waals surface area contributed by atoms with Gasteiger partial charge in [0.25, 0.3) is 0 Å². The minimum Gasteiger partial charge on any atom is -0.466 e. The van der Waals surface area contributed by atoms with Gasteiger partial charge in [-0.1, -0.05) is 392 Å². The fourth-order valence-electron chi connectivity index (χ4n) is 11.9. The Bertz CT molecular complexity index is 1210. The lowest BCUT2D eigenvalue weighted by molar-refractivity contribution is -0.143. The monoisotopic (exact) mass is 1130 g/mol. The van der Waals surface area contributed by atoms with Crippen molar-refractivity contribution in [3.8, 4) is 0 Å². The van der Waals surface area contributed by atoms with E-state index in [2.05, 4.69) is 19.2 Å². The molecule has 0 aliphatic heterocycles. The van der Waals surface area contributed by atoms with E-state index in [0.29, 0.717) is 19.4 Å². The summed E-state index contributed by atoms with van der Waals surface area (Å²) in [5.74, 6) is -0.0463. The van der Waals surface area contributed by atoms with Crippen LogP contribution < -0.4 is 5.32 Å². The highest BCUT2D eigenvalue weighted by Crippen LogP contribution is 2.20. The summed E-state index contributed by atoms with van der Waals surface area (Å²) >= 11 is 0. The normalized spacial score (nSPS) is 12.5. The van der Waals surface area contributed by atoms with Crippen molar-refractivity contribution < 1.29 is 24.5 Å². The number of nitrogens with one attached hydrogen (secondary N) is 1. The van der Waals surface area contributed by atoms with Gasteiger partial charge < -0.3 is 20.3 Å². The van der Waals surface area contributed by atoms with Crippen LogP contribution in [0.5, 0.6) is 0 Å². The molecule has 0 spiro atoms. The molecule has 80 heavy (non-hydrogen) atoms. The highest BCUT2D eigenvalue weighted by molar-refractivity contribution is 5.76. The van der Waals surface area contributed by atoms with Crippen LogP contribution in [0.25, 0.3) is 0 Å². The maximum absolute atomic E-state index is 12.5. The third kappa shape index (κ3) is 65.7. The molecule has 0 bridgehead atoms. The first-order chi connectivity index (χ1) is 39.5. The number of ether oxygens (including phenoxy) is 1. The van der Waals surface area contributed by atoms with E-state index in [0.717, 1.165) is 38.5 Å². The van der Waals surface area contributed by atoms with Crippen molar-refractivity contribution in [2.45, 2.75) is 437 Å². The third-order valence-electron chi connectivity index (χ3n) is 17.6. The molecule has 0 radical (unpaired) electrons. The van der Waals surface area contributed by atoms with Crippen LogP contribution >= 0.6 is 0 Å². The van der Waals surface area contributed by atoms with E-state index < -0.39 is 12.1 Å². The van der Waals surface area contributed by atoms with E-state index in [1.54, 1.807) is 6.08 Å². The highest BCUT2D eigenvalue weighted by atomic mass is 16.5. The summed E-state index contributed by atoms with van der Waals surface area (Å²) in [6.45, 7) is 4.96. The predicted molar refractivity (Wildman–Crippen MR) is 352 cm³/mol. The number of carbonyl (C=O) groups is 2. The zero-order chi connectivity index (χ0) is 57.8. The fourth-order valence-corrected chi connectivity index (χ4v) is 11.9. The number of hydrogen-bond donors (Lipinski definition) is 3. The van der Waals surface area contributed by atoms with Crippen molar-refractivity contribution >= 4 is 11.9 Å². The van der Waals surface area contributed by atoms with Crippen LogP contribution in [0, 0.1) is 0 Å². The van der Waals surface area contributed by atoms with E-state index in [4.69, 9.17) is 4.74 Å². The van der Waals surface area contributed by atoms with Crippen molar-refractivity contribution in [2.75, 3.05) is 13.2 Å². The molecule has 6 heteroatoms.